The third-order valence-electron chi connectivity index (χ3n) is 3.95. The van der Waals surface area contributed by atoms with E-state index in [1.165, 1.54) is 16.9 Å². The summed E-state index contributed by atoms with van der Waals surface area (Å²) in [5.74, 6) is -0.359. The first-order chi connectivity index (χ1) is 12.4. The highest BCUT2D eigenvalue weighted by Gasteiger charge is 2.18. The molecule has 2 heterocycles. The smallest absolute Gasteiger partial charge is 0.241 e. The fourth-order valence-corrected chi connectivity index (χ4v) is 3.60. The minimum absolute atomic E-state index is 0.0190. The van der Waals surface area contributed by atoms with Crippen molar-refractivity contribution in [3.05, 3.63) is 24.3 Å². The predicted molar refractivity (Wildman–Crippen MR) is 91.2 cm³/mol. The zero-order valence-electron chi connectivity index (χ0n) is 14.0. The van der Waals surface area contributed by atoms with Crippen LogP contribution in [0.5, 0.6) is 0 Å². The molecule has 1 aromatic carbocycles. The van der Waals surface area contributed by atoms with Crippen LogP contribution in [0.25, 0.3) is 11.4 Å². The SMILES string of the molecule is NC(=O)CNS(=O)(=O)c1ccc(-c2nnn(CC3CCCCO3)n2)cc1. The minimum Gasteiger partial charge on any atom is -0.376 e. The van der Waals surface area contributed by atoms with E-state index in [4.69, 9.17) is 10.5 Å². The maximum atomic E-state index is 12.0. The van der Waals surface area contributed by atoms with Crippen LogP contribution in [0.3, 0.4) is 0 Å². The topological polar surface area (TPSA) is 142 Å². The number of benzene rings is 1. The van der Waals surface area contributed by atoms with Gasteiger partial charge in [0.25, 0.3) is 0 Å². The Morgan fingerprint density at radius 1 is 1.31 bits per heavy atom. The highest BCUT2D eigenvalue weighted by atomic mass is 32.2. The summed E-state index contributed by atoms with van der Waals surface area (Å²) in [6.45, 7) is 0.839. The van der Waals surface area contributed by atoms with Crippen molar-refractivity contribution < 1.29 is 17.9 Å². The number of hydrogen-bond donors (Lipinski definition) is 2. The molecule has 1 unspecified atom stereocenters. The van der Waals surface area contributed by atoms with Crippen molar-refractivity contribution in [1.82, 2.24) is 24.9 Å². The summed E-state index contributed by atoms with van der Waals surface area (Å²) >= 11 is 0. The molecule has 1 atom stereocenters. The molecule has 0 spiro atoms. The van der Waals surface area contributed by atoms with Gasteiger partial charge in [0.15, 0.2) is 0 Å². The Morgan fingerprint density at radius 2 is 2.08 bits per heavy atom. The third-order valence-corrected chi connectivity index (χ3v) is 5.37. The lowest BCUT2D eigenvalue weighted by Gasteiger charge is -2.21. The number of tetrazole rings is 1. The molecule has 1 aliphatic heterocycles. The molecule has 0 bridgehead atoms. The zero-order chi connectivity index (χ0) is 18.6. The van der Waals surface area contributed by atoms with Gasteiger partial charge in [-0.25, -0.2) is 13.1 Å². The highest BCUT2D eigenvalue weighted by molar-refractivity contribution is 7.89. The van der Waals surface area contributed by atoms with Gasteiger partial charge >= 0.3 is 0 Å². The van der Waals surface area contributed by atoms with E-state index in [0.29, 0.717) is 17.9 Å². The molecular formula is C15H20N6O4S. The van der Waals surface area contributed by atoms with Gasteiger partial charge in [-0.15, -0.1) is 10.2 Å². The van der Waals surface area contributed by atoms with Crippen LogP contribution in [0.4, 0.5) is 0 Å². The molecule has 140 valence electrons. The quantitative estimate of drug-likeness (QED) is 0.670. The molecule has 3 rings (SSSR count). The molecule has 1 fully saturated rings. The van der Waals surface area contributed by atoms with Crippen LogP contribution < -0.4 is 10.5 Å². The Hall–Kier alpha value is -2.37. The first-order valence-electron chi connectivity index (χ1n) is 8.22. The van der Waals surface area contributed by atoms with Crippen LogP contribution in [0, 0.1) is 0 Å². The van der Waals surface area contributed by atoms with Gasteiger partial charge < -0.3 is 10.5 Å². The number of primary amides is 1. The van der Waals surface area contributed by atoms with Crippen LogP contribution in [-0.2, 0) is 26.1 Å². The summed E-state index contributed by atoms with van der Waals surface area (Å²) in [5, 5.41) is 12.3. The molecule has 10 nitrogen and oxygen atoms in total. The van der Waals surface area contributed by atoms with Gasteiger partial charge in [0.2, 0.25) is 21.8 Å². The molecule has 0 radical (unpaired) electrons. The van der Waals surface area contributed by atoms with Gasteiger partial charge in [-0.2, -0.15) is 4.80 Å². The second-order valence-electron chi connectivity index (χ2n) is 5.97. The molecule has 0 aliphatic carbocycles. The van der Waals surface area contributed by atoms with E-state index < -0.39 is 22.5 Å². The van der Waals surface area contributed by atoms with E-state index in [1.807, 2.05) is 0 Å². The fraction of sp³-hybridized carbons (Fsp3) is 0.467. The first kappa shape index (κ1) is 18.4. The van der Waals surface area contributed by atoms with Gasteiger partial charge in [-0.1, -0.05) is 0 Å². The van der Waals surface area contributed by atoms with E-state index >= 15 is 0 Å². The number of rotatable bonds is 7. The molecule has 1 amide bonds. The van der Waals surface area contributed by atoms with Crippen molar-refractivity contribution in [3.63, 3.8) is 0 Å². The van der Waals surface area contributed by atoms with Crippen molar-refractivity contribution >= 4 is 15.9 Å². The molecule has 26 heavy (non-hydrogen) atoms. The van der Waals surface area contributed by atoms with Crippen molar-refractivity contribution in [2.75, 3.05) is 13.2 Å². The van der Waals surface area contributed by atoms with Crippen LogP contribution in [-0.4, -0.2) is 53.8 Å². The maximum absolute atomic E-state index is 12.0. The van der Waals surface area contributed by atoms with E-state index in [9.17, 15) is 13.2 Å². The van der Waals surface area contributed by atoms with Crippen LogP contribution in [0.15, 0.2) is 29.2 Å². The van der Waals surface area contributed by atoms with Gasteiger partial charge in [0.05, 0.1) is 24.1 Å². The predicted octanol–water partition coefficient (Wildman–Crippen LogP) is -0.327. The molecule has 1 aromatic heterocycles. The number of carbonyl (C=O) groups excluding carboxylic acids is 1. The number of nitrogens with two attached hydrogens (primary N) is 1. The van der Waals surface area contributed by atoms with Crippen molar-refractivity contribution in [2.45, 2.75) is 36.8 Å². The molecule has 0 saturated carbocycles. The molecule has 1 aliphatic rings. The Bertz CT molecular complexity index is 859. The van der Waals surface area contributed by atoms with Crippen LogP contribution in [0.1, 0.15) is 19.3 Å². The number of hydrogen-bond acceptors (Lipinski definition) is 7. The number of aromatic nitrogens is 4. The summed E-state index contributed by atoms with van der Waals surface area (Å²) in [6.07, 6.45) is 3.28. The number of sulfonamides is 1. The van der Waals surface area contributed by atoms with Crippen LogP contribution >= 0.6 is 0 Å². The summed E-state index contributed by atoms with van der Waals surface area (Å²) < 4.78 is 31.8. The second kappa shape index (κ2) is 7.89. The number of amides is 1. The molecule has 2 aromatic rings. The Morgan fingerprint density at radius 3 is 2.73 bits per heavy atom. The average molecular weight is 380 g/mol. The zero-order valence-corrected chi connectivity index (χ0v) is 14.9. The summed E-state index contributed by atoms with van der Waals surface area (Å²) in [7, 11) is -3.80. The van der Waals surface area contributed by atoms with Gasteiger partial charge in [0, 0.05) is 12.2 Å². The van der Waals surface area contributed by atoms with Crippen LogP contribution in [0.2, 0.25) is 0 Å². The number of carbonyl (C=O) groups is 1. The number of nitrogens with zero attached hydrogens (tertiary/aromatic N) is 4. The molecule has 1 saturated heterocycles. The lowest BCUT2D eigenvalue weighted by Crippen LogP contribution is -2.33. The minimum atomic E-state index is -3.80. The standard InChI is InChI=1S/C15H20N6O4S/c16-14(22)9-17-26(23,24)13-6-4-11(5-7-13)15-18-20-21(19-15)10-12-3-1-2-8-25-12/h4-7,12,17H,1-3,8-10H2,(H2,16,22). The molecule has 3 N–H and O–H groups in total. The molecule has 11 heteroatoms. The van der Waals surface area contributed by atoms with Crippen molar-refractivity contribution in [1.29, 1.82) is 0 Å². The van der Waals surface area contributed by atoms with E-state index in [0.717, 1.165) is 25.9 Å². The van der Waals surface area contributed by atoms with Gasteiger partial charge in [-0.05, 0) is 48.7 Å². The lowest BCUT2D eigenvalue weighted by molar-refractivity contribution is -0.116. The van der Waals surface area contributed by atoms with Gasteiger partial charge in [-0.3, -0.25) is 4.79 Å². The maximum Gasteiger partial charge on any atom is 0.241 e. The Kier molecular flexibility index (Phi) is 5.59. The fourth-order valence-electron chi connectivity index (χ4n) is 2.60. The van der Waals surface area contributed by atoms with Crippen molar-refractivity contribution in [3.8, 4) is 11.4 Å². The summed E-state index contributed by atoms with van der Waals surface area (Å²) in [4.78, 5) is 12.2. The van der Waals surface area contributed by atoms with Gasteiger partial charge in [0.1, 0.15) is 0 Å². The highest BCUT2D eigenvalue weighted by Crippen LogP contribution is 2.18. The number of ether oxygens (including phenoxy) is 1. The monoisotopic (exact) mass is 380 g/mol. The van der Waals surface area contributed by atoms with E-state index in [-0.39, 0.29) is 11.0 Å². The van der Waals surface area contributed by atoms with E-state index in [2.05, 4.69) is 20.1 Å². The third kappa shape index (κ3) is 4.62. The largest absolute Gasteiger partial charge is 0.376 e. The Labute approximate surface area is 150 Å². The summed E-state index contributed by atoms with van der Waals surface area (Å²) in [6, 6.07) is 5.97. The summed E-state index contributed by atoms with van der Waals surface area (Å²) in [5.41, 5.74) is 5.58. The Balaban J connectivity index is 1.68. The molecular weight excluding hydrogens is 360 g/mol. The van der Waals surface area contributed by atoms with E-state index in [1.54, 1.807) is 12.1 Å². The second-order valence-corrected chi connectivity index (χ2v) is 7.74. The lowest BCUT2D eigenvalue weighted by atomic mass is 10.1. The number of nitrogens with one attached hydrogen (secondary N) is 1. The average Bonchev–Trinajstić information content (AvgIpc) is 3.09. The first-order valence-corrected chi connectivity index (χ1v) is 9.70. The normalized spacial score (nSPS) is 17.9. The van der Waals surface area contributed by atoms with Crippen molar-refractivity contribution in [2.24, 2.45) is 5.73 Å².